The van der Waals surface area contributed by atoms with Crippen LogP contribution in [0.3, 0.4) is 0 Å². The summed E-state index contributed by atoms with van der Waals surface area (Å²) in [6, 6.07) is 6.09. The van der Waals surface area contributed by atoms with E-state index in [2.05, 4.69) is 25.2 Å². The zero-order valence-electron chi connectivity index (χ0n) is 9.14. The van der Waals surface area contributed by atoms with Gasteiger partial charge in [0.15, 0.2) is 0 Å². The lowest BCUT2D eigenvalue weighted by Gasteiger charge is -2.09. The van der Waals surface area contributed by atoms with Gasteiger partial charge in [0.05, 0.1) is 0 Å². The van der Waals surface area contributed by atoms with Crippen molar-refractivity contribution in [3.05, 3.63) is 29.3 Å². The highest BCUT2D eigenvalue weighted by Gasteiger charge is 1.99. The van der Waals surface area contributed by atoms with E-state index in [0.29, 0.717) is 0 Å². The summed E-state index contributed by atoms with van der Waals surface area (Å²) in [5.41, 5.74) is 9.22. The topological polar surface area (TPSA) is 38.0 Å². The van der Waals surface area contributed by atoms with Gasteiger partial charge in [0.2, 0.25) is 0 Å². The Balaban J connectivity index is 2.46. The highest BCUT2D eigenvalue weighted by Crippen LogP contribution is 2.14. The van der Waals surface area contributed by atoms with Gasteiger partial charge in [-0.2, -0.15) is 0 Å². The summed E-state index contributed by atoms with van der Waals surface area (Å²) in [6.45, 7) is 6.29. The lowest BCUT2D eigenvalue weighted by molar-refractivity contribution is 0.640. The first-order valence-electron chi connectivity index (χ1n) is 5.30. The van der Waals surface area contributed by atoms with Crippen molar-refractivity contribution >= 4 is 5.69 Å². The van der Waals surface area contributed by atoms with Gasteiger partial charge in [0, 0.05) is 12.2 Å². The Morgan fingerprint density at radius 2 is 2.14 bits per heavy atom. The largest absolute Gasteiger partial charge is 0.399 e. The number of anilines is 1. The van der Waals surface area contributed by atoms with E-state index in [0.717, 1.165) is 18.8 Å². The number of nitrogens with two attached hydrogens (primary N) is 1. The average Bonchev–Trinajstić information content (AvgIpc) is 2.19. The molecule has 1 aromatic rings. The molecular formula is C12H20N2. The lowest BCUT2D eigenvalue weighted by atomic mass is 10.1. The van der Waals surface area contributed by atoms with Crippen LogP contribution in [0.2, 0.25) is 0 Å². The molecule has 0 aromatic heterocycles. The molecule has 0 bridgehead atoms. The van der Waals surface area contributed by atoms with Crippen LogP contribution in [-0.4, -0.2) is 6.54 Å². The zero-order valence-corrected chi connectivity index (χ0v) is 9.14. The Labute approximate surface area is 86.5 Å². The molecule has 0 unspecified atom stereocenters. The van der Waals surface area contributed by atoms with Gasteiger partial charge in [-0.1, -0.05) is 25.5 Å². The van der Waals surface area contributed by atoms with Crippen LogP contribution in [0.1, 0.15) is 30.9 Å². The van der Waals surface area contributed by atoms with Crippen molar-refractivity contribution in [2.75, 3.05) is 12.3 Å². The van der Waals surface area contributed by atoms with Crippen LogP contribution in [-0.2, 0) is 6.54 Å². The SMILES string of the molecule is CCCCNCc1cccc(N)c1C. The molecule has 0 saturated carbocycles. The number of hydrogen-bond acceptors (Lipinski definition) is 2. The van der Waals surface area contributed by atoms with E-state index in [1.807, 2.05) is 12.1 Å². The Kier molecular flexibility index (Phi) is 4.47. The summed E-state index contributed by atoms with van der Waals surface area (Å²) >= 11 is 0. The molecule has 0 aliphatic heterocycles. The van der Waals surface area contributed by atoms with E-state index in [1.165, 1.54) is 24.0 Å². The summed E-state index contributed by atoms with van der Waals surface area (Å²) in [5.74, 6) is 0. The molecule has 0 spiro atoms. The molecule has 0 aliphatic carbocycles. The van der Waals surface area contributed by atoms with Crippen LogP contribution in [0.5, 0.6) is 0 Å². The molecule has 0 aliphatic rings. The maximum absolute atomic E-state index is 5.82. The number of rotatable bonds is 5. The van der Waals surface area contributed by atoms with Crippen molar-refractivity contribution in [2.24, 2.45) is 0 Å². The van der Waals surface area contributed by atoms with Crippen molar-refractivity contribution in [3.63, 3.8) is 0 Å². The first kappa shape index (κ1) is 11.1. The van der Waals surface area contributed by atoms with Crippen LogP contribution < -0.4 is 11.1 Å². The molecule has 1 rings (SSSR count). The van der Waals surface area contributed by atoms with Gasteiger partial charge in [0.25, 0.3) is 0 Å². The van der Waals surface area contributed by atoms with Crippen LogP contribution in [0.4, 0.5) is 5.69 Å². The van der Waals surface area contributed by atoms with Crippen molar-refractivity contribution < 1.29 is 0 Å². The fourth-order valence-corrected chi connectivity index (χ4v) is 1.42. The highest BCUT2D eigenvalue weighted by molar-refractivity contribution is 5.49. The molecule has 0 radical (unpaired) electrons. The van der Waals surface area contributed by atoms with Crippen molar-refractivity contribution in [1.29, 1.82) is 0 Å². The van der Waals surface area contributed by atoms with Crippen molar-refractivity contribution in [2.45, 2.75) is 33.2 Å². The lowest BCUT2D eigenvalue weighted by Crippen LogP contribution is -2.15. The predicted molar refractivity (Wildman–Crippen MR) is 62.2 cm³/mol. The van der Waals surface area contributed by atoms with Gasteiger partial charge in [-0.05, 0) is 37.1 Å². The van der Waals surface area contributed by atoms with Crippen LogP contribution in [0.15, 0.2) is 18.2 Å². The smallest absolute Gasteiger partial charge is 0.0346 e. The Bertz CT molecular complexity index is 282. The van der Waals surface area contributed by atoms with Gasteiger partial charge in [0.1, 0.15) is 0 Å². The number of unbranched alkanes of at least 4 members (excludes halogenated alkanes) is 1. The van der Waals surface area contributed by atoms with Crippen LogP contribution in [0.25, 0.3) is 0 Å². The monoisotopic (exact) mass is 192 g/mol. The second-order valence-corrected chi connectivity index (χ2v) is 3.66. The summed E-state index contributed by atoms with van der Waals surface area (Å²) in [5, 5.41) is 3.42. The minimum atomic E-state index is 0.889. The Morgan fingerprint density at radius 3 is 2.86 bits per heavy atom. The molecule has 78 valence electrons. The number of nitrogen functional groups attached to an aromatic ring is 1. The standard InChI is InChI=1S/C12H20N2/c1-3-4-8-14-9-11-6-5-7-12(13)10(11)2/h5-7,14H,3-4,8-9,13H2,1-2H3. The van der Waals surface area contributed by atoms with Crippen LogP contribution in [0, 0.1) is 6.92 Å². The van der Waals surface area contributed by atoms with E-state index in [4.69, 9.17) is 5.73 Å². The summed E-state index contributed by atoms with van der Waals surface area (Å²) in [4.78, 5) is 0. The molecule has 0 saturated heterocycles. The molecule has 2 heteroatoms. The van der Waals surface area contributed by atoms with Crippen molar-refractivity contribution in [1.82, 2.24) is 5.32 Å². The Hall–Kier alpha value is -1.02. The second kappa shape index (κ2) is 5.66. The fourth-order valence-electron chi connectivity index (χ4n) is 1.42. The maximum atomic E-state index is 5.82. The zero-order chi connectivity index (χ0) is 10.4. The number of hydrogen-bond donors (Lipinski definition) is 2. The molecule has 14 heavy (non-hydrogen) atoms. The summed E-state index contributed by atoms with van der Waals surface area (Å²) in [7, 11) is 0. The van der Waals surface area contributed by atoms with E-state index in [1.54, 1.807) is 0 Å². The third-order valence-corrected chi connectivity index (χ3v) is 2.51. The normalized spacial score (nSPS) is 10.4. The van der Waals surface area contributed by atoms with Gasteiger partial charge in [-0.15, -0.1) is 0 Å². The van der Waals surface area contributed by atoms with E-state index >= 15 is 0 Å². The van der Waals surface area contributed by atoms with Crippen LogP contribution >= 0.6 is 0 Å². The van der Waals surface area contributed by atoms with Gasteiger partial charge in [-0.3, -0.25) is 0 Å². The third kappa shape index (κ3) is 3.04. The summed E-state index contributed by atoms with van der Waals surface area (Å²) in [6.07, 6.45) is 2.48. The van der Waals surface area contributed by atoms with Gasteiger partial charge in [-0.25, -0.2) is 0 Å². The number of benzene rings is 1. The highest BCUT2D eigenvalue weighted by atomic mass is 14.8. The molecular weight excluding hydrogens is 172 g/mol. The minimum Gasteiger partial charge on any atom is -0.399 e. The molecule has 0 atom stereocenters. The van der Waals surface area contributed by atoms with Gasteiger partial charge >= 0.3 is 0 Å². The van der Waals surface area contributed by atoms with Crippen molar-refractivity contribution in [3.8, 4) is 0 Å². The number of nitrogens with one attached hydrogen (secondary N) is 1. The molecule has 1 aromatic carbocycles. The molecule has 3 N–H and O–H groups in total. The van der Waals surface area contributed by atoms with Gasteiger partial charge < -0.3 is 11.1 Å². The average molecular weight is 192 g/mol. The van der Waals surface area contributed by atoms with E-state index in [9.17, 15) is 0 Å². The first-order chi connectivity index (χ1) is 6.75. The second-order valence-electron chi connectivity index (χ2n) is 3.66. The first-order valence-corrected chi connectivity index (χ1v) is 5.30. The van der Waals surface area contributed by atoms with E-state index in [-0.39, 0.29) is 0 Å². The fraction of sp³-hybridized carbons (Fsp3) is 0.500. The Morgan fingerprint density at radius 1 is 1.36 bits per heavy atom. The molecule has 2 nitrogen and oxygen atoms in total. The summed E-state index contributed by atoms with van der Waals surface area (Å²) < 4.78 is 0. The molecule has 0 heterocycles. The molecule has 0 fully saturated rings. The maximum Gasteiger partial charge on any atom is 0.0346 e. The quantitative estimate of drug-likeness (QED) is 0.555. The third-order valence-electron chi connectivity index (χ3n) is 2.51. The minimum absolute atomic E-state index is 0.889. The predicted octanol–water partition coefficient (Wildman–Crippen LogP) is 2.47. The molecule has 0 amide bonds. The van der Waals surface area contributed by atoms with E-state index < -0.39 is 0 Å².